The lowest BCUT2D eigenvalue weighted by Gasteiger charge is -2.13. The van der Waals surface area contributed by atoms with Crippen molar-refractivity contribution in [1.82, 2.24) is 4.57 Å². The smallest absolute Gasteiger partial charge is 0.190 e. The normalized spacial score (nSPS) is 18.2. The molecule has 1 atom stereocenters. The Bertz CT molecular complexity index is 925. The Morgan fingerprint density at radius 1 is 1.28 bits per heavy atom. The van der Waals surface area contributed by atoms with Crippen LogP contribution in [-0.2, 0) is 11.3 Å². The Morgan fingerprint density at radius 3 is 2.92 bits per heavy atom. The van der Waals surface area contributed by atoms with Crippen molar-refractivity contribution in [3.05, 3.63) is 58.4 Å². The molecule has 1 aliphatic rings. The molecule has 4 rings (SSSR count). The van der Waals surface area contributed by atoms with Gasteiger partial charge in [0.15, 0.2) is 16.4 Å². The third kappa shape index (κ3) is 3.43. The summed E-state index contributed by atoms with van der Waals surface area (Å²) in [5.74, 6) is -0.585. The van der Waals surface area contributed by atoms with Crippen molar-refractivity contribution in [2.24, 2.45) is 4.99 Å². The van der Waals surface area contributed by atoms with Crippen LogP contribution in [0.5, 0.6) is 0 Å². The van der Waals surface area contributed by atoms with Gasteiger partial charge in [-0.1, -0.05) is 0 Å². The van der Waals surface area contributed by atoms with Gasteiger partial charge in [-0.05, 0) is 37.1 Å². The molecule has 2 aromatic heterocycles. The molecule has 0 amide bonds. The summed E-state index contributed by atoms with van der Waals surface area (Å²) < 4.78 is 40.3. The zero-order valence-corrected chi connectivity index (χ0v) is 14.1. The minimum absolute atomic E-state index is 0.0975. The number of furan rings is 1. The predicted octanol–water partition coefficient (Wildman–Crippen LogP) is 4.50. The fraction of sp³-hybridized carbons (Fsp3) is 0.278. The summed E-state index contributed by atoms with van der Waals surface area (Å²) in [6.07, 6.45) is 3.72. The van der Waals surface area contributed by atoms with E-state index in [1.807, 2.05) is 22.1 Å². The third-order valence-corrected chi connectivity index (χ3v) is 4.97. The average molecular weight is 362 g/mol. The molecule has 0 aliphatic carbocycles. The van der Waals surface area contributed by atoms with E-state index >= 15 is 0 Å². The van der Waals surface area contributed by atoms with Gasteiger partial charge in [-0.2, -0.15) is 0 Å². The van der Waals surface area contributed by atoms with Crippen LogP contribution in [0.15, 0.2) is 51.4 Å². The molecule has 3 heterocycles. The fourth-order valence-electron chi connectivity index (χ4n) is 2.88. The van der Waals surface area contributed by atoms with Crippen LogP contribution in [0.1, 0.15) is 12.8 Å². The highest BCUT2D eigenvalue weighted by molar-refractivity contribution is 7.07. The maximum absolute atomic E-state index is 14.0. The van der Waals surface area contributed by atoms with Crippen molar-refractivity contribution in [1.29, 1.82) is 0 Å². The molecule has 130 valence electrons. The van der Waals surface area contributed by atoms with Crippen LogP contribution in [-0.4, -0.2) is 17.3 Å². The quantitative estimate of drug-likeness (QED) is 0.686. The van der Waals surface area contributed by atoms with Crippen LogP contribution in [0.2, 0.25) is 0 Å². The van der Waals surface area contributed by atoms with Crippen LogP contribution in [0.3, 0.4) is 0 Å². The van der Waals surface area contributed by atoms with E-state index in [9.17, 15) is 8.78 Å². The highest BCUT2D eigenvalue weighted by Gasteiger charge is 2.20. The average Bonchev–Trinajstić information content (AvgIpc) is 3.33. The van der Waals surface area contributed by atoms with Gasteiger partial charge in [0.1, 0.15) is 11.5 Å². The molecule has 1 aromatic carbocycles. The Balaban J connectivity index is 1.79. The molecule has 0 N–H and O–H groups in total. The number of thiazole rings is 1. The van der Waals surface area contributed by atoms with Crippen LogP contribution < -0.4 is 4.80 Å². The van der Waals surface area contributed by atoms with Gasteiger partial charge in [-0.25, -0.2) is 13.8 Å². The predicted molar refractivity (Wildman–Crippen MR) is 90.6 cm³/mol. The highest BCUT2D eigenvalue weighted by atomic mass is 32.1. The van der Waals surface area contributed by atoms with Crippen LogP contribution in [0.4, 0.5) is 14.5 Å². The van der Waals surface area contributed by atoms with Gasteiger partial charge in [-0.3, -0.25) is 0 Å². The van der Waals surface area contributed by atoms with Gasteiger partial charge in [0.25, 0.3) is 0 Å². The van der Waals surface area contributed by atoms with Crippen molar-refractivity contribution in [3.63, 3.8) is 0 Å². The second-order valence-corrected chi connectivity index (χ2v) is 6.67. The number of hydrogen-bond donors (Lipinski definition) is 0. The van der Waals surface area contributed by atoms with Gasteiger partial charge in [0.2, 0.25) is 0 Å². The van der Waals surface area contributed by atoms with E-state index in [0.29, 0.717) is 11.3 Å². The second-order valence-electron chi connectivity index (χ2n) is 5.83. The molecule has 1 fully saturated rings. The number of benzene rings is 1. The molecule has 25 heavy (non-hydrogen) atoms. The molecule has 0 radical (unpaired) electrons. The first-order chi connectivity index (χ1) is 12.2. The number of hydrogen-bond acceptors (Lipinski definition) is 4. The summed E-state index contributed by atoms with van der Waals surface area (Å²) >= 11 is 1.39. The van der Waals surface area contributed by atoms with Crippen molar-refractivity contribution in [2.45, 2.75) is 25.5 Å². The van der Waals surface area contributed by atoms with Crippen LogP contribution >= 0.6 is 11.3 Å². The number of halogens is 2. The number of ether oxygens (including phenoxy) is 1. The fourth-order valence-corrected chi connectivity index (χ4v) is 3.80. The number of aromatic nitrogens is 1. The lowest BCUT2D eigenvalue weighted by Crippen LogP contribution is -2.24. The molecular weight excluding hydrogens is 346 g/mol. The molecule has 1 unspecified atom stereocenters. The minimum atomic E-state index is -0.684. The highest BCUT2D eigenvalue weighted by Crippen LogP contribution is 2.24. The van der Waals surface area contributed by atoms with Gasteiger partial charge >= 0.3 is 0 Å². The molecule has 1 saturated heterocycles. The summed E-state index contributed by atoms with van der Waals surface area (Å²) in [6.45, 7) is 1.37. The van der Waals surface area contributed by atoms with E-state index in [-0.39, 0.29) is 11.8 Å². The zero-order valence-electron chi connectivity index (χ0n) is 13.3. The van der Waals surface area contributed by atoms with Crippen molar-refractivity contribution in [2.75, 3.05) is 6.61 Å². The van der Waals surface area contributed by atoms with Crippen LogP contribution in [0.25, 0.3) is 11.5 Å². The zero-order chi connectivity index (χ0) is 17.2. The van der Waals surface area contributed by atoms with Gasteiger partial charge in [0.05, 0.1) is 24.6 Å². The van der Waals surface area contributed by atoms with Crippen LogP contribution in [0, 0.1) is 11.6 Å². The topological polar surface area (TPSA) is 39.7 Å². The molecule has 7 heteroatoms. The first-order valence-electron chi connectivity index (χ1n) is 8.04. The van der Waals surface area contributed by atoms with Gasteiger partial charge in [0, 0.05) is 18.1 Å². The van der Waals surface area contributed by atoms with Crippen molar-refractivity contribution >= 4 is 17.0 Å². The standard InChI is InChI=1S/C18H16F2N2O2S/c19-12-5-6-15(14(20)9-12)21-18-22(10-13-3-1-7-23-13)16(11-25-18)17-4-2-8-24-17/h2,4-6,8-9,11,13H,1,3,7,10H2. The van der Waals surface area contributed by atoms with E-state index in [4.69, 9.17) is 9.15 Å². The lowest BCUT2D eigenvalue weighted by atomic mass is 10.2. The lowest BCUT2D eigenvalue weighted by molar-refractivity contribution is 0.0967. The summed E-state index contributed by atoms with van der Waals surface area (Å²) in [4.78, 5) is 5.01. The molecule has 4 nitrogen and oxygen atoms in total. The second kappa shape index (κ2) is 6.93. The summed E-state index contributed by atoms with van der Waals surface area (Å²) in [5, 5.41) is 1.92. The Kier molecular flexibility index (Phi) is 4.50. The maximum atomic E-state index is 14.0. The Hall–Kier alpha value is -2.25. The molecular formula is C18H16F2N2O2S. The first-order valence-corrected chi connectivity index (χ1v) is 8.92. The molecule has 3 aromatic rings. The van der Waals surface area contributed by atoms with E-state index in [2.05, 4.69) is 4.99 Å². The molecule has 1 aliphatic heterocycles. The SMILES string of the molecule is Fc1ccc(N=c2scc(-c3ccco3)n2CC2CCCO2)c(F)c1. The Morgan fingerprint density at radius 2 is 2.20 bits per heavy atom. The van der Waals surface area contributed by atoms with E-state index in [1.54, 1.807) is 6.26 Å². The molecule has 0 bridgehead atoms. The van der Waals surface area contributed by atoms with Crippen molar-refractivity contribution in [3.8, 4) is 11.5 Å². The van der Waals surface area contributed by atoms with E-state index < -0.39 is 11.6 Å². The Labute approximate surface area is 147 Å². The molecule has 0 saturated carbocycles. The summed E-state index contributed by atoms with van der Waals surface area (Å²) in [6, 6.07) is 7.07. The van der Waals surface area contributed by atoms with Gasteiger partial charge < -0.3 is 13.7 Å². The molecule has 0 spiro atoms. The van der Waals surface area contributed by atoms with Gasteiger partial charge in [-0.15, -0.1) is 11.3 Å². The van der Waals surface area contributed by atoms with E-state index in [0.717, 1.165) is 37.0 Å². The first kappa shape index (κ1) is 16.2. The maximum Gasteiger partial charge on any atom is 0.190 e. The largest absolute Gasteiger partial charge is 0.463 e. The number of nitrogens with zero attached hydrogens (tertiary/aromatic N) is 2. The third-order valence-electron chi connectivity index (χ3n) is 4.11. The van der Waals surface area contributed by atoms with Crippen molar-refractivity contribution < 1.29 is 17.9 Å². The minimum Gasteiger partial charge on any atom is -0.463 e. The summed E-state index contributed by atoms with van der Waals surface area (Å²) in [5.41, 5.74) is 0.974. The number of rotatable bonds is 4. The monoisotopic (exact) mass is 362 g/mol. The van der Waals surface area contributed by atoms with E-state index in [1.165, 1.54) is 23.5 Å². The summed E-state index contributed by atoms with van der Waals surface area (Å²) in [7, 11) is 0.